The van der Waals surface area contributed by atoms with E-state index in [1.54, 1.807) is 18.2 Å². The van der Waals surface area contributed by atoms with E-state index in [1.807, 2.05) is 36.4 Å². The number of H-pyrrole nitrogens is 1. The number of nitrogens with zero attached hydrogens (tertiary/aromatic N) is 1. The molecule has 0 fully saturated rings. The predicted molar refractivity (Wildman–Crippen MR) is 106 cm³/mol. The number of amides is 2. The molecule has 7 heteroatoms. The first-order valence-electron chi connectivity index (χ1n) is 8.52. The molecule has 2 amide bonds. The number of guanidine groups is 1. The Hall–Kier alpha value is -3.61. The molecule has 3 rings (SSSR count). The first kappa shape index (κ1) is 18.2. The highest BCUT2D eigenvalue weighted by molar-refractivity contribution is 6.06. The minimum absolute atomic E-state index is 0.0719. The average Bonchev–Trinajstić information content (AvgIpc) is 3.09. The maximum atomic E-state index is 12.2. The maximum Gasteiger partial charge on any atom is 0.276 e. The number of aromatic nitrogens is 1. The average molecular weight is 363 g/mol. The van der Waals surface area contributed by atoms with Crippen LogP contribution in [0.2, 0.25) is 0 Å². The number of hydrogen-bond acceptors (Lipinski definition) is 3. The standard InChI is InChI=1S/C20H21N5O2/c1-25(20(21)22)19(27)17-11-14-8-9-15(12-16(14)24-17)23-18(26)10-7-13-5-3-2-4-6-13/h2-6,8-9,11-12,24H,7,10H2,1H3,(H3,21,22)(H,23,26). The number of carbonyl (C=O) groups excluding carboxylic acids is 2. The van der Waals surface area contributed by atoms with Gasteiger partial charge in [0.15, 0.2) is 5.96 Å². The summed E-state index contributed by atoms with van der Waals surface area (Å²) in [5, 5.41) is 11.1. The van der Waals surface area contributed by atoms with Crippen molar-refractivity contribution in [2.75, 3.05) is 12.4 Å². The van der Waals surface area contributed by atoms with Crippen LogP contribution in [0.1, 0.15) is 22.5 Å². The Kier molecular flexibility index (Phi) is 5.21. The zero-order valence-electron chi connectivity index (χ0n) is 15.0. The highest BCUT2D eigenvalue weighted by Crippen LogP contribution is 2.21. The smallest absolute Gasteiger partial charge is 0.276 e. The summed E-state index contributed by atoms with van der Waals surface area (Å²) in [6.07, 6.45) is 1.06. The van der Waals surface area contributed by atoms with Crippen LogP contribution >= 0.6 is 0 Å². The third-order valence-corrected chi connectivity index (χ3v) is 4.29. The number of aryl methyl sites for hydroxylation is 1. The van der Waals surface area contributed by atoms with E-state index in [4.69, 9.17) is 11.1 Å². The second-order valence-corrected chi connectivity index (χ2v) is 6.27. The molecule has 138 valence electrons. The quantitative estimate of drug-likeness (QED) is 0.412. The van der Waals surface area contributed by atoms with E-state index >= 15 is 0 Å². The Balaban J connectivity index is 1.68. The lowest BCUT2D eigenvalue weighted by molar-refractivity contribution is -0.116. The molecule has 0 bridgehead atoms. The fourth-order valence-corrected chi connectivity index (χ4v) is 2.74. The topological polar surface area (TPSA) is 115 Å². The zero-order valence-corrected chi connectivity index (χ0v) is 15.0. The lowest BCUT2D eigenvalue weighted by Gasteiger charge is -2.12. The van der Waals surface area contributed by atoms with Gasteiger partial charge in [0.1, 0.15) is 5.69 Å². The number of nitrogens with two attached hydrogens (primary N) is 1. The minimum atomic E-state index is -0.396. The van der Waals surface area contributed by atoms with Crippen LogP contribution < -0.4 is 11.1 Å². The lowest BCUT2D eigenvalue weighted by atomic mass is 10.1. The largest absolute Gasteiger partial charge is 0.370 e. The van der Waals surface area contributed by atoms with Gasteiger partial charge < -0.3 is 16.0 Å². The summed E-state index contributed by atoms with van der Waals surface area (Å²) in [5.41, 5.74) is 8.16. The van der Waals surface area contributed by atoms with Crippen LogP contribution in [0.3, 0.4) is 0 Å². The first-order valence-corrected chi connectivity index (χ1v) is 8.52. The molecule has 5 N–H and O–H groups in total. The summed E-state index contributed by atoms with van der Waals surface area (Å²) in [7, 11) is 1.44. The SMILES string of the molecule is CN(C(=N)N)C(=O)c1cc2ccc(NC(=O)CCc3ccccc3)cc2[nH]1. The summed E-state index contributed by atoms with van der Waals surface area (Å²) in [6.45, 7) is 0. The summed E-state index contributed by atoms with van der Waals surface area (Å²) in [6, 6.07) is 16.9. The molecule has 0 aliphatic heterocycles. The van der Waals surface area contributed by atoms with Crippen molar-refractivity contribution >= 4 is 34.4 Å². The van der Waals surface area contributed by atoms with Crippen LogP contribution in [-0.2, 0) is 11.2 Å². The van der Waals surface area contributed by atoms with Crippen LogP contribution in [0.15, 0.2) is 54.6 Å². The van der Waals surface area contributed by atoms with Gasteiger partial charge in [0.25, 0.3) is 5.91 Å². The number of carbonyl (C=O) groups is 2. The molecule has 0 atom stereocenters. The van der Waals surface area contributed by atoms with E-state index in [1.165, 1.54) is 7.05 Å². The van der Waals surface area contributed by atoms with Crippen molar-refractivity contribution in [2.24, 2.45) is 5.73 Å². The number of benzene rings is 2. The van der Waals surface area contributed by atoms with E-state index in [9.17, 15) is 9.59 Å². The van der Waals surface area contributed by atoms with Gasteiger partial charge in [-0.1, -0.05) is 36.4 Å². The van der Waals surface area contributed by atoms with E-state index in [0.717, 1.165) is 21.4 Å². The Bertz CT molecular complexity index is 994. The highest BCUT2D eigenvalue weighted by atomic mass is 16.2. The molecule has 0 spiro atoms. The fourth-order valence-electron chi connectivity index (χ4n) is 2.74. The molecule has 0 radical (unpaired) electrons. The molecular weight excluding hydrogens is 342 g/mol. The van der Waals surface area contributed by atoms with Gasteiger partial charge in [-0.2, -0.15) is 0 Å². The van der Waals surface area contributed by atoms with Crippen molar-refractivity contribution in [3.8, 4) is 0 Å². The Morgan fingerprint density at radius 3 is 2.59 bits per heavy atom. The number of nitrogens with one attached hydrogen (secondary N) is 3. The zero-order chi connectivity index (χ0) is 19.4. The molecule has 3 aromatic rings. The molecule has 0 unspecified atom stereocenters. The second-order valence-electron chi connectivity index (χ2n) is 6.27. The molecule has 7 nitrogen and oxygen atoms in total. The minimum Gasteiger partial charge on any atom is -0.370 e. The number of aromatic amines is 1. The van der Waals surface area contributed by atoms with Crippen LogP contribution in [0.25, 0.3) is 10.9 Å². The number of fused-ring (bicyclic) bond motifs is 1. The summed E-state index contributed by atoms with van der Waals surface area (Å²) in [5.74, 6) is -0.797. The van der Waals surface area contributed by atoms with E-state index in [0.29, 0.717) is 24.2 Å². The molecule has 27 heavy (non-hydrogen) atoms. The number of hydrogen-bond donors (Lipinski definition) is 4. The van der Waals surface area contributed by atoms with Crippen LogP contribution in [0.4, 0.5) is 5.69 Å². The molecule has 0 aliphatic carbocycles. The maximum absolute atomic E-state index is 12.2. The third kappa shape index (κ3) is 4.33. The third-order valence-electron chi connectivity index (χ3n) is 4.29. The lowest BCUT2D eigenvalue weighted by Crippen LogP contribution is -2.38. The van der Waals surface area contributed by atoms with Gasteiger partial charge in [-0.15, -0.1) is 0 Å². The summed E-state index contributed by atoms with van der Waals surface area (Å²) < 4.78 is 0. The van der Waals surface area contributed by atoms with Gasteiger partial charge in [-0.25, -0.2) is 0 Å². The summed E-state index contributed by atoms with van der Waals surface area (Å²) in [4.78, 5) is 28.5. The monoisotopic (exact) mass is 363 g/mol. The first-order chi connectivity index (χ1) is 12.9. The molecule has 2 aromatic carbocycles. The Morgan fingerprint density at radius 2 is 1.89 bits per heavy atom. The van der Waals surface area contributed by atoms with Gasteiger partial charge in [0.05, 0.1) is 0 Å². The highest BCUT2D eigenvalue weighted by Gasteiger charge is 2.16. The molecule has 0 saturated carbocycles. The molecular formula is C20H21N5O2. The van der Waals surface area contributed by atoms with Crippen LogP contribution in [0.5, 0.6) is 0 Å². The van der Waals surface area contributed by atoms with Crippen molar-refractivity contribution < 1.29 is 9.59 Å². The Labute approximate surface area is 156 Å². The number of rotatable bonds is 5. The van der Waals surface area contributed by atoms with Gasteiger partial charge in [0, 0.05) is 30.1 Å². The van der Waals surface area contributed by atoms with Gasteiger partial charge >= 0.3 is 0 Å². The second kappa shape index (κ2) is 7.74. The van der Waals surface area contributed by atoms with Crippen molar-refractivity contribution in [1.82, 2.24) is 9.88 Å². The van der Waals surface area contributed by atoms with Crippen molar-refractivity contribution in [3.63, 3.8) is 0 Å². The van der Waals surface area contributed by atoms with E-state index < -0.39 is 5.91 Å². The molecule has 1 aromatic heterocycles. The van der Waals surface area contributed by atoms with Crippen LogP contribution in [0, 0.1) is 5.41 Å². The van der Waals surface area contributed by atoms with Crippen LogP contribution in [-0.4, -0.2) is 34.7 Å². The normalized spacial score (nSPS) is 10.6. The molecule has 0 aliphatic rings. The number of anilines is 1. The van der Waals surface area contributed by atoms with Gasteiger partial charge in [-0.05, 0) is 30.2 Å². The van der Waals surface area contributed by atoms with Gasteiger partial charge in [-0.3, -0.25) is 19.9 Å². The fraction of sp³-hybridized carbons (Fsp3) is 0.150. The van der Waals surface area contributed by atoms with E-state index in [2.05, 4.69) is 10.3 Å². The van der Waals surface area contributed by atoms with Gasteiger partial charge in [0.2, 0.25) is 5.91 Å². The Morgan fingerprint density at radius 1 is 1.15 bits per heavy atom. The predicted octanol–water partition coefficient (Wildman–Crippen LogP) is 2.70. The summed E-state index contributed by atoms with van der Waals surface area (Å²) >= 11 is 0. The molecule has 0 saturated heterocycles. The van der Waals surface area contributed by atoms with E-state index in [-0.39, 0.29) is 11.9 Å². The van der Waals surface area contributed by atoms with Crippen molar-refractivity contribution in [3.05, 3.63) is 65.9 Å². The van der Waals surface area contributed by atoms with Crippen molar-refractivity contribution in [2.45, 2.75) is 12.8 Å². The molecule has 1 heterocycles. The van der Waals surface area contributed by atoms with Crippen molar-refractivity contribution in [1.29, 1.82) is 5.41 Å².